The fourth-order valence-electron chi connectivity index (χ4n) is 3.49. The zero-order valence-corrected chi connectivity index (χ0v) is 18.2. The largest absolute Gasteiger partial charge is 0.493 e. The topological polar surface area (TPSA) is 55.8 Å². The van der Waals surface area contributed by atoms with E-state index < -0.39 is 9.84 Å². The predicted octanol–water partition coefficient (Wildman–Crippen LogP) is 4.47. The third kappa shape index (κ3) is 5.32. The molecule has 156 valence electrons. The van der Waals surface area contributed by atoms with E-state index in [1.807, 2.05) is 18.2 Å². The Morgan fingerprint density at radius 3 is 2.34 bits per heavy atom. The summed E-state index contributed by atoms with van der Waals surface area (Å²) in [5.74, 6) is 0.967. The van der Waals surface area contributed by atoms with E-state index >= 15 is 0 Å². The zero-order chi connectivity index (χ0) is 20.9. The summed E-state index contributed by atoms with van der Waals surface area (Å²) in [4.78, 5) is 2.48. The van der Waals surface area contributed by atoms with Crippen LogP contribution in [0.5, 0.6) is 11.5 Å². The van der Waals surface area contributed by atoms with E-state index in [4.69, 9.17) is 21.1 Å². The minimum atomic E-state index is -3.78. The minimum Gasteiger partial charge on any atom is -0.493 e. The Balaban J connectivity index is 1.66. The summed E-state index contributed by atoms with van der Waals surface area (Å²) < 4.78 is 36.0. The summed E-state index contributed by atoms with van der Waals surface area (Å²) in [5, 5.41) is 0. The van der Waals surface area contributed by atoms with Crippen LogP contribution in [-0.2, 0) is 16.4 Å². The molecule has 29 heavy (non-hydrogen) atoms. The summed E-state index contributed by atoms with van der Waals surface area (Å²) in [6, 6.07) is 14.8. The lowest BCUT2D eigenvalue weighted by molar-refractivity contribution is 0.195. The molecule has 2 aromatic carbocycles. The van der Waals surface area contributed by atoms with Crippen LogP contribution in [0.2, 0.25) is 0 Å². The summed E-state index contributed by atoms with van der Waals surface area (Å²) in [6.07, 6.45) is 3.45. The molecular formula is C22H26ClNO4S. The molecule has 0 saturated carbocycles. The average Bonchev–Trinajstić information content (AvgIpc) is 2.75. The van der Waals surface area contributed by atoms with Gasteiger partial charge >= 0.3 is 0 Å². The first-order valence-electron chi connectivity index (χ1n) is 9.54. The molecule has 1 aliphatic rings. The highest BCUT2D eigenvalue weighted by Crippen LogP contribution is 2.33. The van der Waals surface area contributed by atoms with Gasteiger partial charge in [0, 0.05) is 12.6 Å². The molecule has 1 saturated heterocycles. The zero-order valence-electron chi connectivity index (χ0n) is 16.7. The van der Waals surface area contributed by atoms with E-state index in [1.165, 1.54) is 31.9 Å². The van der Waals surface area contributed by atoms with Crippen molar-refractivity contribution < 1.29 is 17.9 Å². The summed E-state index contributed by atoms with van der Waals surface area (Å²) in [5.41, 5.74) is 1.29. The molecule has 0 aliphatic carbocycles. The summed E-state index contributed by atoms with van der Waals surface area (Å²) >= 11 is 6.26. The van der Waals surface area contributed by atoms with Gasteiger partial charge < -0.3 is 9.47 Å². The van der Waals surface area contributed by atoms with Crippen molar-refractivity contribution in [3.63, 3.8) is 0 Å². The van der Waals surface area contributed by atoms with Crippen molar-refractivity contribution in [2.75, 3.05) is 27.3 Å². The summed E-state index contributed by atoms with van der Waals surface area (Å²) in [7, 11) is -0.810. The van der Waals surface area contributed by atoms with Crippen molar-refractivity contribution in [2.24, 2.45) is 5.92 Å². The van der Waals surface area contributed by atoms with Crippen molar-refractivity contribution in [3.05, 3.63) is 64.5 Å². The average molecular weight is 436 g/mol. The lowest BCUT2D eigenvalue weighted by atomic mass is 9.97. The first-order chi connectivity index (χ1) is 13.9. The van der Waals surface area contributed by atoms with Crippen LogP contribution in [0.25, 0.3) is 0 Å². The molecule has 0 amide bonds. The number of nitrogens with zero attached hydrogens (tertiary/aromatic N) is 1. The van der Waals surface area contributed by atoms with Crippen molar-refractivity contribution in [1.29, 1.82) is 0 Å². The van der Waals surface area contributed by atoms with Gasteiger partial charge in [-0.1, -0.05) is 48.0 Å². The monoisotopic (exact) mass is 435 g/mol. The molecule has 2 aromatic rings. The highest BCUT2D eigenvalue weighted by molar-refractivity contribution is 7.96. The number of likely N-dealkylation sites (tertiary alicyclic amines) is 1. The molecule has 0 atom stereocenters. The number of allylic oxidation sites excluding steroid dienone is 1. The van der Waals surface area contributed by atoms with Gasteiger partial charge in [-0.05, 0) is 49.5 Å². The number of piperidine rings is 1. The van der Waals surface area contributed by atoms with Crippen LogP contribution in [0.1, 0.15) is 18.4 Å². The van der Waals surface area contributed by atoms with Gasteiger partial charge in [-0.15, -0.1) is 0 Å². The maximum Gasteiger partial charge on any atom is 0.217 e. The molecule has 5 nitrogen and oxygen atoms in total. The number of halogens is 1. The number of hydrogen-bond acceptors (Lipinski definition) is 5. The SMILES string of the molecule is COc1ccc(S(=O)(=O)/C(Cl)=C/C2CCN(Cc3ccccc3)CC2)cc1OC. The molecule has 0 unspecified atom stereocenters. The molecule has 0 aromatic heterocycles. The van der Waals surface area contributed by atoms with Crippen LogP contribution in [0.4, 0.5) is 0 Å². The van der Waals surface area contributed by atoms with E-state index in [-0.39, 0.29) is 15.2 Å². The molecule has 1 fully saturated rings. The second-order valence-electron chi connectivity index (χ2n) is 7.09. The van der Waals surface area contributed by atoms with Crippen molar-refractivity contribution in [2.45, 2.75) is 24.3 Å². The molecule has 0 bridgehead atoms. The van der Waals surface area contributed by atoms with Crippen LogP contribution in [0, 0.1) is 5.92 Å². The van der Waals surface area contributed by atoms with Gasteiger partial charge in [0.05, 0.1) is 19.1 Å². The van der Waals surface area contributed by atoms with Crippen LogP contribution in [-0.4, -0.2) is 40.6 Å². The summed E-state index contributed by atoms with van der Waals surface area (Å²) in [6.45, 7) is 2.74. The Kier molecular flexibility index (Phi) is 7.22. The maximum atomic E-state index is 12.9. The number of rotatable bonds is 7. The Morgan fingerprint density at radius 2 is 1.72 bits per heavy atom. The highest BCUT2D eigenvalue weighted by atomic mass is 35.5. The molecule has 3 rings (SSSR count). The normalized spacial score (nSPS) is 16.6. The Labute approximate surface area is 177 Å². The number of benzene rings is 2. The third-order valence-corrected chi connectivity index (χ3v) is 7.43. The Morgan fingerprint density at radius 1 is 1.07 bits per heavy atom. The van der Waals surface area contributed by atoms with Crippen LogP contribution >= 0.6 is 11.6 Å². The quantitative estimate of drug-likeness (QED) is 0.642. The van der Waals surface area contributed by atoms with Crippen molar-refractivity contribution in [3.8, 4) is 11.5 Å². The third-order valence-electron chi connectivity index (χ3n) is 5.17. The van der Waals surface area contributed by atoms with E-state index in [1.54, 1.807) is 12.1 Å². The molecule has 0 N–H and O–H groups in total. The van der Waals surface area contributed by atoms with Gasteiger partial charge in [-0.3, -0.25) is 4.90 Å². The number of methoxy groups -OCH3 is 2. The number of sulfone groups is 1. The first-order valence-corrected chi connectivity index (χ1v) is 11.4. The van der Waals surface area contributed by atoms with Gasteiger partial charge in [-0.2, -0.15) is 0 Å². The van der Waals surface area contributed by atoms with Gasteiger partial charge in [0.1, 0.15) is 4.36 Å². The van der Waals surface area contributed by atoms with Gasteiger partial charge in [0.25, 0.3) is 0 Å². The standard InChI is InChI=1S/C22H26ClNO4S/c1-27-20-9-8-19(15-21(20)28-2)29(25,26)22(23)14-17-10-12-24(13-11-17)16-18-6-4-3-5-7-18/h3-9,14-15,17H,10-13,16H2,1-2H3/b22-14+. The fourth-order valence-corrected chi connectivity index (χ4v) is 5.04. The van der Waals surface area contributed by atoms with E-state index in [2.05, 4.69) is 17.0 Å². The van der Waals surface area contributed by atoms with E-state index in [9.17, 15) is 8.42 Å². The van der Waals surface area contributed by atoms with E-state index in [0.717, 1.165) is 32.5 Å². The first kappa shape index (κ1) is 21.7. The van der Waals surface area contributed by atoms with E-state index in [0.29, 0.717) is 11.5 Å². The van der Waals surface area contributed by atoms with Gasteiger partial charge in [0.2, 0.25) is 9.84 Å². The molecule has 0 spiro atoms. The maximum absolute atomic E-state index is 12.9. The number of ether oxygens (including phenoxy) is 2. The second kappa shape index (κ2) is 9.65. The molecule has 1 aliphatic heterocycles. The predicted molar refractivity (Wildman–Crippen MR) is 115 cm³/mol. The lowest BCUT2D eigenvalue weighted by Gasteiger charge is -2.30. The smallest absolute Gasteiger partial charge is 0.217 e. The molecule has 0 radical (unpaired) electrons. The molecule has 1 heterocycles. The highest BCUT2D eigenvalue weighted by Gasteiger charge is 2.24. The minimum absolute atomic E-state index is 0.0953. The number of hydrogen-bond donors (Lipinski definition) is 0. The Bertz CT molecular complexity index is 952. The molecular weight excluding hydrogens is 410 g/mol. The van der Waals surface area contributed by atoms with Crippen LogP contribution in [0.15, 0.2) is 63.9 Å². The molecule has 7 heteroatoms. The fraction of sp³-hybridized carbons (Fsp3) is 0.364. The second-order valence-corrected chi connectivity index (χ2v) is 9.64. The van der Waals surface area contributed by atoms with Gasteiger partial charge in [-0.25, -0.2) is 8.42 Å². The van der Waals surface area contributed by atoms with Crippen molar-refractivity contribution >= 4 is 21.4 Å². The Hall–Kier alpha value is -2.02. The van der Waals surface area contributed by atoms with Crippen LogP contribution < -0.4 is 9.47 Å². The van der Waals surface area contributed by atoms with Crippen molar-refractivity contribution in [1.82, 2.24) is 4.90 Å². The van der Waals surface area contributed by atoms with Crippen LogP contribution in [0.3, 0.4) is 0 Å². The van der Waals surface area contributed by atoms with Gasteiger partial charge in [0.15, 0.2) is 11.5 Å². The lowest BCUT2D eigenvalue weighted by Crippen LogP contribution is -2.32.